The van der Waals surface area contributed by atoms with Crippen molar-refractivity contribution in [3.63, 3.8) is 0 Å². The van der Waals surface area contributed by atoms with Crippen LogP contribution in [-0.2, 0) is 6.54 Å². The molecule has 1 aliphatic rings. The summed E-state index contributed by atoms with van der Waals surface area (Å²) in [4.78, 5) is 10.7. The molecule has 1 saturated heterocycles. The van der Waals surface area contributed by atoms with E-state index in [0.29, 0.717) is 12.6 Å². The quantitative estimate of drug-likeness (QED) is 0.771. The van der Waals surface area contributed by atoms with E-state index in [2.05, 4.69) is 25.5 Å². The zero-order valence-electron chi connectivity index (χ0n) is 12.4. The van der Waals surface area contributed by atoms with Crippen LogP contribution in [0.3, 0.4) is 0 Å². The van der Waals surface area contributed by atoms with Gasteiger partial charge in [0.25, 0.3) is 0 Å². The van der Waals surface area contributed by atoms with Gasteiger partial charge in [-0.05, 0) is 31.3 Å². The van der Waals surface area contributed by atoms with Gasteiger partial charge in [0.1, 0.15) is 11.6 Å². The van der Waals surface area contributed by atoms with Crippen LogP contribution < -0.4 is 21.3 Å². The zero-order valence-corrected chi connectivity index (χ0v) is 12.4. The van der Waals surface area contributed by atoms with Crippen molar-refractivity contribution >= 4 is 17.5 Å². The maximum absolute atomic E-state index is 12.9. The van der Waals surface area contributed by atoms with Gasteiger partial charge in [-0.15, -0.1) is 0 Å². The van der Waals surface area contributed by atoms with Gasteiger partial charge in [0.2, 0.25) is 5.95 Å². The van der Waals surface area contributed by atoms with E-state index in [1.165, 1.54) is 12.1 Å². The smallest absolute Gasteiger partial charge is 0.222 e. The lowest BCUT2D eigenvalue weighted by Gasteiger charge is -2.40. The first-order chi connectivity index (χ1) is 10.6. The Hall–Kier alpha value is -2.41. The van der Waals surface area contributed by atoms with Gasteiger partial charge >= 0.3 is 0 Å². The van der Waals surface area contributed by atoms with Crippen molar-refractivity contribution in [1.82, 2.24) is 15.3 Å². The summed E-state index contributed by atoms with van der Waals surface area (Å²) in [5.74, 6) is 0.854. The van der Waals surface area contributed by atoms with Crippen LogP contribution in [0.2, 0.25) is 0 Å². The Morgan fingerprint density at radius 3 is 2.68 bits per heavy atom. The molecule has 4 N–H and O–H groups in total. The standard InChI is InChI=1S/C15H19FN6/c1-18-13-8-22(9-13)14-6-12(20-15(17)21-14)7-19-11-4-2-10(16)3-5-11/h2-6,13,18-19H,7-9H2,1H3,(H2,17,20,21). The number of anilines is 3. The lowest BCUT2D eigenvalue weighted by Crippen LogP contribution is -2.57. The second kappa shape index (κ2) is 6.15. The summed E-state index contributed by atoms with van der Waals surface area (Å²) >= 11 is 0. The Kier molecular flexibility index (Phi) is 4.06. The Bertz CT molecular complexity index is 639. The van der Waals surface area contributed by atoms with Gasteiger partial charge in [-0.25, -0.2) is 9.37 Å². The molecule has 3 rings (SSSR count). The molecule has 7 heteroatoms. The van der Waals surface area contributed by atoms with Crippen LogP contribution in [0.5, 0.6) is 0 Å². The van der Waals surface area contributed by atoms with Crippen molar-refractivity contribution in [2.45, 2.75) is 12.6 Å². The molecule has 0 bridgehead atoms. The summed E-state index contributed by atoms with van der Waals surface area (Å²) < 4.78 is 12.9. The molecule has 116 valence electrons. The van der Waals surface area contributed by atoms with Gasteiger partial charge in [0, 0.05) is 30.9 Å². The van der Waals surface area contributed by atoms with E-state index in [4.69, 9.17) is 5.73 Å². The van der Waals surface area contributed by atoms with Gasteiger partial charge in [-0.1, -0.05) is 0 Å². The van der Waals surface area contributed by atoms with Gasteiger partial charge < -0.3 is 21.3 Å². The third-order valence-corrected chi connectivity index (χ3v) is 3.71. The molecule has 0 aliphatic carbocycles. The maximum atomic E-state index is 12.9. The van der Waals surface area contributed by atoms with E-state index in [9.17, 15) is 4.39 Å². The lowest BCUT2D eigenvalue weighted by molar-refractivity contribution is 0.447. The van der Waals surface area contributed by atoms with Crippen LogP contribution in [0.15, 0.2) is 30.3 Å². The number of aromatic nitrogens is 2. The predicted molar refractivity (Wildman–Crippen MR) is 85.2 cm³/mol. The molecule has 1 fully saturated rings. The van der Waals surface area contributed by atoms with Gasteiger partial charge in [0.15, 0.2) is 0 Å². The molecule has 6 nitrogen and oxygen atoms in total. The summed E-state index contributed by atoms with van der Waals surface area (Å²) in [5.41, 5.74) is 7.43. The fourth-order valence-corrected chi connectivity index (χ4v) is 2.36. The Balaban J connectivity index is 1.66. The predicted octanol–water partition coefficient (Wildman–Crippen LogP) is 1.22. The number of hydrogen-bond acceptors (Lipinski definition) is 6. The number of halogens is 1. The largest absolute Gasteiger partial charge is 0.379 e. The van der Waals surface area contributed by atoms with Crippen molar-refractivity contribution in [3.05, 3.63) is 41.8 Å². The number of nitrogens with zero attached hydrogens (tertiary/aromatic N) is 3. The minimum absolute atomic E-state index is 0.254. The van der Waals surface area contributed by atoms with Crippen molar-refractivity contribution in [1.29, 1.82) is 0 Å². The second-order valence-corrected chi connectivity index (χ2v) is 5.33. The fraction of sp³-hybridized carbons (Fsp3) is 0.333. The Morgan fingerprint density at radius 2 is 2.00 bits per heavy atom. The SMILES string of the molecule is CNC1CN(c2cc(CNc3ccc(F)cc3)nc(N)n2)C1. The number of hydrogen-bond donors (Lipinski definition) is 3. The van der Waals surface area contributed by atoms with Gasteiger partial charge in [-0.3, -0.25) is 0 Å². The van der Waals surface area contributed by atoms with E-state index in [1.807, 2.05) is 13.1 Å². The Labute approximate surface area is 128 Å². The molecule has 0 radical (unpaired) electrons. The monoisotopic (exact) mass is 302 g/mol. The van der Waals surface area contributed by atoms with Crippen LogP contribution in [0.4, 0.5) is 21.8 Å². The first-order valence-corrected chi connectivity index (χ1v) is 7.19. The van der Waals surface area contributed by atoms with E-state index in [-0.39, 0.29) is 11.8 Å². The second-order valence-electron chi connectivity index (χ2n) is 5.33. The topological polar surface area (TPSA) is 79.1 Å². The van der Waals surface area contributed by atoms with Crippen LogP contribution in [-0.4, -0.2) is 36.1 Å². The number of likely N-dealkylation sites (N-methyl/N-ethyl adjacent to an activating group) is 1. The van der Waals surface area contributed by atoms with Crippen LogP contribution in [0, 0.1) is 5.82 Å². The van der Waals surface area contributed by atoms with Crippen molar-refractivity contribution in [2.75, 3.05) is 36.1 Å². The van der Waals surface area contributed by atoms with Crippen molar-refractivity contribution in [2.24, 2.45) is 0 Å². The fourth-order valence-electron chi connectivity index (χ4n) is 2.36. The van der Waals surface area contributed by atoms with E-state index in [0.717, 1.165) is 30.3 Å². The first kappa shape index (κ1) is 14.5. The molecule has 0 atom stereocenters. The van der Waals surface area contributed by atoms with E-state index < -0.39 is 0 Å². The minimum Gasteiger partial charge on any atom is -0.379 e. The number of nitrogens with two attached hydrogens (primary N) is 1. The van der Waals surface area contributed by atoms with Crippen molar-refractivity contribution in [3.8, 4) is 0 Å². The summed E-state index contributed by atoms with van der Waals surface area (Å²) in [5, 5.41) is 6.42. The zero-order chi connectivity index (χ0) is 15.5. The summed E-state index contributed by atoms with van der Waals surface area (Å²) in [6.45, 7) is 2.34. The highest BCUT2D eigenvalue weighted by atomic mass is 19.1. The lowest BCUT2D eigenvalue weighted by atomic mass is 10.1. The number of nitrogens with one attached hydrogen (secondary N) is 2. The molecule has 1 aromatic carbocycles. The molecule has 2 aromatic rings. The molecule has 0 unspecified atom stereocenters. The van der Waals surface area contributed by atoms with Crippen LogP contribution in [0.1, 0.15) is 5.69 Å². The Morgan fingerprint density at radius 1 is 1.27 bits per heavy atom. The highest BCUT2D eigenvalue weighted by Crippen LogP contribution is 2.20. The molecule has 1 aromatic heterocycles. The molecular weight excluding hydrogens is 283 g/mol. The average molecular weight is 302 g/mol. The normalized spacial score (nSPS) is 14.7. The summed E-state index contributed by atoms with van der Waals surface area (Å²) in [7, 11) is 1.95. The maximum Gasteiger partial charge on any atom is 0.222 e. The highest BCUT2D eigenvalue weighted by Gasteiger charge is 2.26. The highest BCUT2D eigenvalue weighted by molar-refractivity contribution is 5.48. The summed E-state index contributed by atoms with van der Waals surface area (Å²) in [6.07, 6.45) is 0. The third-order valence-electron chi connectivity index (χ3n) is 3.71. The number of rotatable bonds is 5. The number of benzene rings is 1. The van der Waals surface area contributed by atoms with Gasteiger partial charge in [-0.2, -0.15) is 4.98 Å². The molecule has 0 saturated carbocycles. The molecule has 22 heavy (non-hydrogen) atoms. The summed E-state index contributed by atoms with van der Waals surface area (Å²) in [6, 6.07) is 8.64. The molecule has 2 heterocycles. The molecular formula is C15H19FN6. The van der Waals surface area contributed by atoms with Crippen LogP contribution in [0.25, 0.3) is 0 Å². The molecule has 0 spiro atoms. The number of nitrogen functional groups attached to an aromatic ring is 1. The van der Waals surface area contributed by atoms with E-state index >= 15 is 0 Å². The minimum atomic E-state index is -0.254. The molecule has 1 aliphatic heterocycles. The van der Waals surface area contributed by atoms with Gasteiger partial charge in [0.05, 0.1) is 12.2 Å². The first-order valence-electron chi connectivity index (χ1n) is 7.19. The average Bonchev–Trinajstić information content (AvgIpc) is 2.45. The van der Waals surface area contributed by atoms with Crippen molar-refractivity contribution < 1.29 is 4.39 Å². The van der Waals surface area contributed by atoms with Crippen LogP contribution >= 0.6 is 0 Å². The molecule has 0 amide bonds. The van der Waals surface area contributed by atoms with E-state index in [1.54, 1.807) is 12.1 Å². The third kappa shape index (κ3) is 3.25.